The van der Waals surface area contributed by atoms with Gasteiger partial charge in [0.25, 0.3) is 0 Å². The molecule has 1 aromatic rings. The van der Waals surface area contributed by atoms with Crippen LogP contribution in [0, 0.1) is 0 Å². The smallest absolute Gasteiger partial charge is 0.483 e. The minimum atomic E-state index is -5.09. The second-order valence-electron chi connectivity index (χ2n) is 2.06. The molecule has 0 saturated heterocycles. The van der Waals surface area contributed by atoms with Gasteiger partial charge in [0.1, 0.15) is 6.33 Å². The Bertz CT molecular complexity index is 283. The number of aromatic nitrogens is 2. The van der Waals surface area contributed by atoms with Crippen molar-refractivity contribution in [2.45, 2.75) is 0 Å². The Morgan fingerprint density at radius 3 is 2.38 bits per heavy atom. The number of halogens is 3. The summed E-state index contributed by atoms with van der Waals surface area (Å²) in [6, 6.07) is 0. The Kier molecular flexibility index (Phi) is 5.45. The van der Waals surface area contributed by atoms with E-state index in [-0.39, 0.29) is 51.4 Å². The molecule has 66 valence electrons. The van der Waals surface area contributed by atoms with Gasteiger partial charge in [0.05, 0.1) is 7.11 Å². The molecular weight excluding hydrogens is 211 g/mol. The summed E-state index contributed by atoms with van der Waals surface area (Å²) < 4.78 is 40.8. The minimum Gasteiger partial charge on any atom is -0.483 e. The molecule has 3 nitrogen and oxygen atoms in total. The van der Waals surface area contributed by atoms with Crippen LogP contribution in [0.3, 0.4) is 0 Å². The average molecular weight is 216 g/mol. The van der Waals surface area contributed by atoms with Gasteiger partial charge < -0.3 is 17.7 Å². The Hall–Kier alpha value is 0.371. The van der Waals surface area contributed by atoms with Crippen LogP contribution in [-0.4, -0.2) is 24.1 Å². The summed E-state index contributed by atoms with van der Waals surface area (Å²) in [5.41, 5.74) is -0.903. The van der Waals surface area contributed by atoms with Crippen LogP contribution < -0.4 is 61.6 Å². The molecule has 0 unspecified atom stereocenters. The van der Waals surface area contributed by atoms with E-state index in [0.717, 1.165) is 13.4 Å². The normalized spacial score (nSPS) is 10.5. The fraction of sp³-hybridized carbons (Fsp3) is 0.200. The third-order valence-corrected chi connectivity index (χ3v) is 1.25. The van der Waals surface area contributed by atoms with E-state index < -0.39 is 18.3 Å². The largest absolute Gasteiger partial charge is 1.00 e. The summed E-state index contributed by atoms with van der Waals surface area (Å²) in [6.07, 6.45) is 1.70. The van der Waals surface area contributed by atoms with Gasteiger partial charge in [0.15, 0.2) is 5.88 Å². The van der Waals surface area contributed by atoms with Gasteiger partial charge in [-0.1, -0.05) is 0 Å². The fourth-order valence-corrected chi connectivity index (χ4v) is 0.724. The van der Waals surface area contributed by atoms with Crippen LogP contribution >= 0.6 is 0 Å². The van der Waals surface area contributed by atoms with Crippen molar-refractivity contribution in [1.29, 1.82) is 0 Å². The van der Waals surface area contributed by atoms with E-state index in [1.807, 2.05) is 0 Å². The van der Waals surface area contributed by atoms with Crippen LogP contribution in [0.15, 0.2) is 12.5 Å². The minimum absolute atomic E-state index is 0. The topological polar surface area (TPSA) is 35.0 Å². The van der Waals surface area contributed by atoms with E-state index in [4.69, 9.17) is 0 Å². The number of ether oxygens (including phenoxy) is 1. The van der Waals surface area contributed by atoms with Crippen LogP contribution in [-0.2, 0) is 0 Å². The van der Waals surface area contributed by atoms with Crippen LogP contribution in [0.1, 0.15) is 0 Å². The number of methoxy groups -OCH3 is 1. The number of nitrogens with zero attached hydrogens (tertiary/aromatic N) is 2. The van der Waals surface area contributed by atoms with E-state index in [9.17, 15) is 12.9 Å². The number of hydrogen-bond donors (Lipinski definition) is 0. The summed E-state index contributed by atoms with van der Waals surface area (Å²) in [5, 5.41) is 0. The van der Waals surface area contributed by atoms with Crippen molar-refractivity contribution in [2.24, 2.45) is 0 Å². The first-order chi connectivity index (χ1) is 5.55. The summed E-state index contributed by atoms with van der Waals surface area (Å²) in [4.78, 5) is 6.59. The predicted octanol–water partition coefficient (Wildman–Crippen LogP) is -2.46. The molecule has 0 radical (unpaired) electrons. The van der Waals surface area contributed by atoms with Crippen molar-refractivity contribution in [3.8, 4) is 5.88 Å². The van der Waals surface area contributed by atoms with E-state index in [2.05, 4.69) is 14.7 Å². The summed E-state index contributed by atoms with van der Waals surface area (Å²) in [5.74, 6) is -0.433. The van der Waals surface area contributed by atoms with Crippen molar-refractivity contribution in [3.05, 3.63) is 12.5 Å². The number of rotatable bonds is 2. The number of hydrogen-bond acceptors (Lipinski definition) is 3. The maximum absolute atomic E-state index is 12.1. The molecule has 0 saturated carbocycles. The van der Waals surface area contributed by atoms with Crippen LogP contribution in [0.4, 0.5) is 12.9 Å². The quantitative estimate of drug-likeness (QED) is 0.514. The van der Waals surface area contributed by atoms with Gasteiger partial charge in [-0.05, 0) is 5.46 Å². The van der Waals surface area contributed by atoms with Crippen molar-refractivity contribution < 1.29 is 69.1 Å². The van der Waals surface area contributed by atoms with E-state index in [0.29, 0.717) is 6.20 Å². The zero-order valence-corrected chi connectivity index (χ0v) is 10.3. The van der Waals surface area contributed by atoms with Gasteiger partial charge in [-0.15, -0.1) is 0 Å². The molecule has 0 fully saturated rings. The SMILES string of the molecule is COc1ncncc1[B-](F)(F)F.[K+]. The molecule has 13 heavy (non-hydrogen) atoms. The van der Waals surface area contributed by atoms with Gasteiger partial charge in [-0.2, -0.15) is 0 Å². The zero-order chi connectivity index (χ0) is 9.19. The van der Waals surface area contributed by atoms with E-state index >= 15 is 0 Å². The Morgan fingerprint density at radius 2 is 2.00 bits per heavy atom. The molecule has 0 N–H and O–H groups in total. The Balaban J connectivity index is 0.00000144. The maximum atomic E-state index is 12.1. The van der Waals surface area contributed by atoms with Gasteiger partial charge in [0, 0.05) is 6.20 Å². The van der Waals surface area contributed by atoms with Crippen molar-refractivity contribution in [1.82, 2.24) is 9.97 Å². The molecule has 1 aromatic heterocycles. The zero-order valence-electron chi connectivity index (χ0n) is 7.17. The summed E-state index contributed by atoms with van der Waals surface area (Å²) >= 11 is 0. The van der Waals surface area contributed by atoms with Crippen LogP contribution in [0.25, 0.3) is 0 Å². The Morgan fingerprint density at radius 1 is 1.38 bits per heavy atom. The van der Waals surface area contributed by atoms with Gasteiger partial charge in [0.2, 0.25) is 0 Å². The molecule has 1 heterocycles. The summed E-state index contributed by atoms with van der Waals surface area (Å²) in [6.45, 7) is -5.09. The molecule has 8 heteroatoms. The maximum Gasteiger partial charge on any atom is 1.00 e. The second-order valence-corrected chi connectivity index (χ2v) is 2.06. The molecule has 0 amide bonds. The van der Waals surface area contributed by atoms with Crippen molar-refractivity contribution in [2.75, 3.05) is 7.11 Å². The first kappa shape index (κ1) is 13.4. The van der Waals surface area contributed by atoms with Crippen molar-refractivity contribution in [3.63, 3.8) is 0 Å². The van der Waals surface area contributed by atoms with Crippen LogP contribution in [0.5, 0.6) is 5.88 Å². The third-order valence-electron chi connectivity index (χ3n) is 1.25. The second kappa shape index (κ2) is 5.30. The molecule has 0 aliphatic heterocycles. The summed E-state index contributed by atoms with van der Waals surface area (Å²) in [7, 11) is 1.13. The molecule has 0 aromatic carbocycles. The molecular formula is C5H5BF3KN2O. The fourth-order valence-electron chi connectivity index (χ4n) is 0.724. The Labute approximate surface area is 116 Å². The first-order valence-corrected chi connectivity index (χ1v) is 3.09. The average Bonchev–Trinajstić information content (AvgIpc) is 2.03. The predicted molar refractivity (Wildman–Crippen MR) is 37.3 cm³/mol. The van der Waals surface area contributed by atoms with E-state index in [1.54, 1.807) is 0 Å². The standard InChI is InChI=1S/C5H5BF3N2O.K/c1-12-5-4(6(7,8)9)2-10-3-11-5;/h2-3H,1H3;/q-1;+1. The van der Waals surface area contributed by atoms with Gasteiger partial charge >= 0.3 is 58.4 Å². The molecule has 0 aliphatic carbocycles. The third kappa shape index (κ3) is 3.55. The monoisotopic (exact) mass is 216 g/mol. The van der Waals surface area contributed by atoms with Gasteiger partial charge in [-0.3, -0.25) is 0 Å². The molecule has 0 bridgehead atoms. The van der Waals surface area contributed by atoms with Gasteiger partial charge in [-0.25, -0.2) is 9.97 Å². The molecule has 1 rings (SSSR count). The first-order valence-electron chi connectivity index (χ1n) is 3.09. The molecule has 0 spiro atoms. The molecule has 0 aliphatic rings. The van der Waals surface area contributed by atoms with E-state index in [1.165, 1.54) is 0 Å². The molecule has 0 atom stereocenters. The van der Waals surface area contributed by atoms with Crippen molar-refractivity contribution >= 4 is 12.4 Å². The van der Waals surface area contributed by atoms with Crippen LogP contribution in [0.2, 0.25) is 0 Å².